The lowest BCUT2D eigenvalue weighted by molar-refractivity contribution is 0.0574. The number of guanidine groups is 1. The third-order valence-electron chi connectivity index (χ3n) is 3.37. The Labute approximate surface area is 116 Å². The molecule has 1 aliphatic rings. The zero-order valence-electron chi connectivity index (χ0n) is 12.4. The van der Waals surface area contributed by atoms with Crippen molar-refractivity contribution in [3.8, 4) is 0 Å². The molecule has 1 aliphatic carbocycles. The Bertz CT molecular complexity index is 263. The molecule has 0 aromatic carbocycles. The molecule has 19 heavy (non-hydrogen) atoms. The lowest BCUT2D eigenvalue weighted by atomic mass is 10.0. The fourth-order valence-corrected chi connectivity index (χ4v) is 2.28. The zero-order chi connectivity index (χ0) is 14.0. The Morgan fingerprint density at radius 1 is 1.26 bits per heavy atom. The number of nitrogens with one attached hydrogen (secondary N) is 2. The minimum atomic E-state index is -0.576. The lowest BCUT2D eigenvalue weighted by Gasteiger charge is -2.20. The van der Waals surface area contributed by atoms with E-state index >= 15 is 0 Å². The highest BCUT2D eigenvalue weighted by atomic mass is 16.5. The molecule has 0 aromatic heterocycles. The van der Waals surface area contributed by atoms with E-state index in [2.05, 4.69) is 15.6 Å². The standard InChI is InChI=1S/C14H29N3O2/c1-3-15-13(16-10-7-11-19-4-2)17-12-14(18)8-5-6-9-14/h18H,3-12H2,1-2H3,(H2,15,16,17). The van der Waals surface area contributed by atoms with E-state index in [-0.39, 0.29) is 0 Å². The number of ether oxygens (including phenoxy) is 1. The summed E-state index contributed by atoms with van der Waals surface area (Å²) in [6.45, 7) is 7.74. The third-order valence-corrected chi connectivity index (χ3v) is 3.37. The maximum atomic E-state index is 10.3. The van der Waals surface area contributed by atoms with Crippen LogP contribution in [0.3, 0.4) is 0 Å². The van der Waals surface area contributed by atoms with Crippen LogP contribution in [0.1, 0.15) is 46.0 Å². The fourth-order valence-electron chi connectivity index (χ4n) is 2.28. The summed E-state index contributed by atoms with van der Waals surface area (Å²) < 4.78 is 5.29. The summed E-state index contributed by atoms with van der Waals surface area (Å²) in [6, 6.07) is 0. The van der Waals surface area contributed by atoms with Gasteiger partial charge in [-0.15, -0.1) is 0 Å². The number of hydrogen-bond acceptors (Lipinski definition) is 3. The molecule has 0 aromatic rings. The van der Waals surface area contributed by atoms with E-state index in [0.717, 1.165) is 64.4 Å². The van der Waals surface area contributed by atoms with Gasteiger partial charge in [-0.2, -0.15) is 0 Å². The molecule has 0 atom stereocenters. The molecule has 1 rings (SSSR count). The van der Waals surface area contributed by atoms with Gasteiger partial charge in [0.15, 0.2) is 5.96 Å². The Kier molecular flexibility index (Phi) is 7.82. The summed E-state index contributed by atoms with van der Waals surface area (Å²) in [5.41, 5.74) is -0.576. The molecule has 0 spiro atoms. The summed E-state index contributed by atoms with van der Waals surface area (Å²) in [7, 11) is 0. The van der Waals surface area contributed by atoms with Crippen LogP contribution < -0.4 is 10.6 Å². The van der Waals surface area contributed by atoms with E-state index in [4.69, 9.17) is 4.74 Å². The van der Waals surface area contributed by atoms with Crippen molar-refractivity contribution in [1.29, 1.82) is 0 Å². The SMILES string of the molecule is CCNC(=NCC1(O)CCCC1)NCCCOCC. The average Bonchev–Trinajstić information content (AvgIpc) is 2.83. The van der Waals surface area contributed by atoms with E-state index < -0.39 is 5.60 Å². The second kappa shape index (κ2) is 9.15. The first-order valence-corrected chi connectivity index (χ1v) is 7.52. The zero-order valence-corrected chi connectivity index (χ0v) is 12.4. The van der Waals surface area contributed by atoms with Gasteiger partial charge in [-0.25, -0.2) is 0 Å². The van der Waals surface area contributed by atoms with Gasteiger partial charge in [0.25, 0.3) is 0 Å². The van der Waals surface area contributed by atoms with Crippen LogP contribution in [0.15, 0.2) is 4.99 Å². The molecular weight excluding hydrogens is 242 g/mol. The third kappa shape index (κ3) is 6.78. The van der Waals surface area contributed by atoms with E-state index in [0.29, 0.717) is 6.54 Å². The van der Waals surface area contributed by atoms with Crippen molar-refractivity contribution in [1.82, 2.24) is 10.6 Å². The monoisotopic (exact) mass is 271 g/mol. The van der Waals surface area contributed by atoms with Crippen LogP contribution in [0.5, 0.6) is 0 Å². The second-order valence-corrected chi connectivity index (χ2v) is 5.10. The molecule has 0 heterocycles. The second-order valence-electron chi connectivity index (χ2n) is 5.10. The molecule has 5 nitrogen and oxygen atoms in total. The highest BCUT2D eigenvalue weighted by Crippen LogP contribution is 2.29. The minimum Gasteiger partial charge on any atom is -0.388 e. The van der Waals surface area contributed by atoms with Crippen LogP contribution in [-0.4, -0.2) is 49.5 Å². The first-order valence-electron chi connectivity index (χ1n) is 7.52. The maximum Gasteiger partial charge on any atom is 0.191 e. The van der Waals surface area contributed by atoms with Gasteiger partial charge in [-0.05, 0) is 33.1 Å². The molecule has 1 saturated carbocycles. The molecule has 5 heteroatoms. The predicted molar refractivity (Wildman–Crippen MR) is 78.5 cm³/mol. The van der Waals surface area contributed by atoms with Crippen LogP contribution in [-0.2, 0) is 4.74 Å². The van der Waals surface area contributed by atoms with Crippen molar-refractivity contribution >= 4 is 5.96 Å². The van der Waals surface area contributed by atoms with Gasteiger partial charge in [0.1, 0.15) is 0 Å². The van der Waals surface area contributed by atoms with E-state index in [1.807, 2.05) is 13.8 Å². The highest BCUT2D eigenvalue weighted by molar-refractivity contribution is 5.79. The molecular formula is C14H29N3O2. The molecule has 0 unspecified atom stereocenters. The highest BCUT2D eigenvalue weighted by Gasteiger charge is 2.30. The van der Waals surface area contributed by atoms with Crippen LogP contribution >= 0.6 is 0 Å². The molecule has 0 aliphatic heterocycles. The van der Waals surface area contributed by atoms with Crippen molar-refractivity contribution in [2.75, 3.05) is 32.8 Å². The Morgan fingerprint density at radius 3 is 2.63 bits per heavy atom. The van der Waals surface area contributed by atoms with Gasteiger partial charge in [0.05, 0.1) is 12.1 Å². The van der Waals surface area contributed by atoms with Crippen LogP contribution in [0.4, 0.5) is 0 Å². The van der Waals surface area contributed by atoms with Crippen molar-refractivity contribution in [3.05, 3.63) is 0 Å². The summed E-state index contributed by atoms with van der Waals surface area (Å²) >= 11 is 0. The Hall–Kier alpha value is -0.810. The topological polar surface area (TPSA) is 65.9 Å². The van der Waals surface area contributed by atoms with E-state index in [1.165, 1.54) is 0 Å². The van der Waals surface area contributed by atoms with E-state index in [9.17, 15) is 5.11 Å². The van der Waals surface area contributed by atoms with Crippen molar-refractivity contribution < 1.29 is 9.84 Å². The molecule has 0 radical (unpaired) electrons. The summed E-state index contributed by atoms with van der Waals surface area (Å²) in [5.74, 6) is 0.791. The quantitative estimate of drug-likeness (QED) is 0.353. The maximum absolute atomic E-state index is 10.3. The number of rotatable bonds is 8. The lowest BCUT2D eigenvalue weighted by Crippen LogP contribution is -2.40. The summed E-state index contributed by atoms with van der Waals surface area (Å²) in [4.78, 5) is 4.49. The van der Waals surface area contributed by atoms with Gasteiger partial charge in [0, 0.05) is 26.3 Å². The van der Waals surface area contributed by atoms with Crippen LogP contribution in [0.2, 0.25) is 0 Å². The fraction of sp³-hybridized carbons (Fsp3) is 0.929. The smallest absolute Gasteiger partial charge is 0.191 e. The van der Waals surface area contributed by atoms with Gasteiger partial charge in [0.2, 0.25) is 0 Å². The number of nitrogens with zero attached hydrogens (tertiary/aromatic N) is 1. The summed E-state index contributed by atoms with van der Waals surface area (Å²) in [5, 5.41) is 16.7. The molecule has 1 fully saturated rings. The molecule has 0 saturated heterocycles. The van der Waals surface area contributed by atoms with Crippen LogP contribution in [0.25, 0.3) is 0 Å². The molecule has 0 amide bonds. The van der Waals surface area contributed by atoms with Gasteiger partial charge < -0.3 is 20.5 Å². The molecule has 112 valence electrons. The average molecular weight is 271 g/mol. The predicted octanol–water partition coefficient (Wildman–Crippen LogP) is 1.27. The van der Waals surface area contributed by atoms with Crippen LogP contribution in [0, 0.1) is 0 Å². The largest absolute Gasteiger partial charge is 0.388 e. The van der Waals surface area contributed by atoms with Crippen molar-refractivity contribution in [2.24, 2.45) is 4.99 Å². The Morgan fingerprint density at radius 2 is 2.00 bits per heavy atom. The molecule has 3 N–H and O–H groups in total. The van der Waals surface area contributed by atoms with Gasteiger partial charge in [-0.1, -0.05) is 12.8 Å². The minimum absolute atomic E-state index is 0.494. The number of aliphatic imine (C=N–C) groups is 1. The first kappa shape index (κ1) is 16.2. The van der Waals surface area contributed by atoms with Gasteiger partial charge >= 0.3 is 0 Å². The van der Waals surface area contributed by atoms with Crippen molar-refractivity contribution in [3.63, 3.8) is 0 Å². The summed E-state index contributed by atoms with van der Waals surface area (Å²) in [6.07, 6.45) is 4.94. The number of aliphatic hydroxyl groups is 1. The van der Waals surface area contributed by atoms with Gasteiger partial charge in [-0.3, -0.25) is 4.99 Å². The normalized spacial score (nSPS) is 18.6. The van der Waals surface area contributed by atoms with E-state index in [1.54, 1.807) is 0 Å². The number of hydrogen-bond donors (Lipinski definition) is 3. The molecule has 0 bridgehead atoms. The Balaban J connectivity index is 2.29. The van der Waals surface area contributed by atoms with Crippen molar-refractivity contribution in [2.45, 2.75) is 51.6 Å². The first-order chi connectivity index (χ1) is 9.20.